The molecule has 1 aromatic carbocycles. The van der Waals surface area contributed by atoms with Gasteiger partial charge >= 0.3 is 0 Å². The van der Waals surface area contributed by atoms with Crippen LogP contribution in [0.2, 0.25) is 0 Å². The van der Waals surface area contributed by atoms with Gasteiger partial charge < -0.3 is 10.2 Å². The van der Waals surface area contributed by atoms with Crippen molar-refractivity contribution in [1.82, 2.24) is 4.98 Å². The van der Waals surface area contributed by atoms with Crippen molar-refractivity contribution >= 4 is 23.2 Å². The molecule has 0 radical (unpaired) electrons. The van der Waals surface area contributed by atoms with Crippen LogP contribution in [-0.2, 0) is 4.79 Å². The summed E-state index contributed by atoms with van der Waals surface area (Å²) in [5, 5.41) is 2.77. The van der Waals surface area contributed by atoms with E-state index in [0.29, 0.717) is 17.7 Å². The third-order valence-corrected chi connectivity index (χ3v) is 3.43. The third kappa shape index (κ3) is 2.91. The molecule has 1 aliphatic heterocycles. The van der Waals surface area contributed by atoms with Gasteiger partial charge in [0.05, 0.1) is 11.9 Å². The summed E-state index contributed by atoms with van der Waals surface area (Å²) in [5.74, 6) is -0.0511. The highest BCUT2D eigenvalue weighted by molar-refractivity contribution is 6.04. The van der Waals surface area contributed by atoms with Crippen LogP contribution in [0.4, 0.5) is 11.4 Å². The van der Waals surface area contributed by atoms with Crippen molar-refractivity contribution in [2.75, 3.05) is 16.8 Å². The van der Waals surface area contributed by atoms with Crippen LogP contribution >= 0.6 is 0 Å². The largest absolute Gasteiger partial charge is 0.321 e. The first-order valence-electron chi connectivity index (χ1n) is 6.86. The van der Waals surface area contributed by atoms with E-state index in [4.69, 9.17) is 0 Å². The van der Waals surface area contributed by atoms with Crippen LogP contribution < -0.4 is 10.2 Å². The normalized spacial score (nSPS) is 14.3. The van der Waals surface area contributed by atoms with E-state index >= 15 is 0 Å². The number of carbonyl (C=O) groups is 2. The summed E-state index contributed by atoms with van der Waals surface area (Å²) in [6.45, 7) is 0.750. The van der Waals surface area contributed by atoms with Gasteiger partial charge in [0.15, 0.2) is 0 Å². The molecule has 3 rings (SSSR count). The Morgan fingerprint density at radius 1 is 1.19 bits per heavy atom. The lowest BCUT2D eigenvalue weighted by Gasteiger charge is -2.15. The minimum absolute atomic E-state index is 0.141. The Labute approximate surface area is 122 Å². The molecule has 106 valence electrons. The van der Waals surface area contributed by atoms with Gasteiger partial charge in [0.25, 0.3) is 5.91 Å². The Hall–Kier alpha value is -2.69. The minimum atomic E-state index is -0.192. The number of amides is 2. The molecule has 5 nitrogen and oxygen atoms in total. The first-order chi connectivity index (χ1) is 10.2. The second-order valence-electron chi connectivity index (χ2n) is 4.89. The zero-order valence-corrected chi connectivity index (χ0v) is 11.5. The van der Waals surface area contributed by atoms with Gasteiger partial charge in [-0.2, -0.15) is 0 Å². The molecule has 2 heterocycles. The molecular weight excluding hydrogens is 266 g/mol. The van der Waals surface area contributed by atoms with Crippen molar-refractivity contribution in [3.8, 4) is 0 Å². The number of rotatable bonds is 3. The monoisotopic (exact) mass is 281 g/mol. The molecule has 0 unspecified atom stereocenters. The van der Waals surface area contributed by atoms with Gasteiger partial charge in [-0.3, -0.25) is 14.6 Å². The first-order valence-corrected chi connectivity index (χ1v) is 6.86. The third-order valence-electron chi connectivity index (χ3n) is 3.43. The SMILES string of the molecule is O=C(Nc1cccnc1)c1ccc(N2CCCC2=O)cc1. The predicted molar refractivity (Wildman–Crippen MR) is 80.2 cm³/mol. The van der Waals surface area contributed by atoms with Crippen LogP contribution in [0.25, 0.3) is 0 Å². The van der Waals surface area contributed by atoms with Crippen LogP contribution in [0.1, 0.15) is 23.2 Å². The number of benzene rings is 1. The van der Waals surface area contributed by atoms with Gasteiger partial charge in [-0.1, -0.05) is 0 Å². The zero-order valence-electron chi connectivity index (χ0n) is 11.5. The summed E-state index contributed by atoms with van der Waals surface area (Å²) >= 11 is 0. The Bertz CT molecular complexity index is 653. The van der Waals surface area contributed by atoms with Gasteiger partial charge in [0.2, 0.25) is 5.91 Å². The molecule has 0 aliphatic carbocycles. The highest BCUT2D eigenvalue weighted by Crippen LogP contribution is 2.21. The van der Waals surface area contributed by atoms with E-state index in [1.807, 2.05) is 0 Å². The molecule has 1 N–H and O–H groups in total. The molecule has 0 spiro atoms. The molecule has 21 heavy (non-hydrogen) atoms. The molecule has 1 aliphatic rings. The maximum absolute atomic E-state index is 12.1. The van der Waals surface area contributed by atoms with Crippen LogP contribution in [0.5, 0.6) is 0 Å². The second kappa shape index (κ2) is 5.75. The van der Waals surface area contributed by atoms with E-state index in [2.05, 4.69) is 10.3 Å². The Morgan fingerprint density at radius 2 is 2.00 bits per heavy atom. The molecule has 0 bridgehead atoms. The van der Waals surface area contributed by atoms with Crippen LogP contribution in [-0.4, -0.2) is 23.3 Å². The maximum Gasteiger partial charge on any atom is 0.255 e. The van der Waals surface area contributed by atoms with Gasteiger partial charge in [-0.05, 0) is 42.8 Å². The number of nitrogens with zero attached hydrogens (tertiary/aromatic N) is 2. The van der Waals surface area contributed by atoms with E-state index in [-0.39, 0.29) is 11.8 Å². The highest BCUT2D eigenvalue weighted by atomic mass is 16.2. The Kier molecular flexibility index (Phi) is 3.64. The van der Waals surface area contributed by atoms with E-state index in [1.54, 1.807) is 53.7 Å². The average molecular weight is 281 g/mol. The van der Waals surface area contributed by atoms with Gasteiger partial charge in [-0.25, -0.2) is 0 Å². The molecule has 1 fully saturated rings. The van der Waals surface area contributed by atoms with Crippen LogP contribution in [0.15, 0.2) is 48.8 Å². The fraction of sp³-hybridized carbons (Fsp3) is 0.188. The number of carbonyl (C=O) groups excluding carboxylic acids is 2. The van der Waals surface area contributed by atoms with E-state index in [9.17, 15) is 9.59 Å². The summed E-state index contributed by atoms with van der Waals surface area (Å²) in [5.41, 5.74) is 2.05. The van der Waals surface area contributed by atoms with Crippen LogP contribution in [0, 0.1) is 0 Å². The minimum Gasteiger partial charge on any atom is -0.321 e. The summed E-state index contributed by atoms with van der Waals surface area (Å²) in [4.78, 5) is 29.5. The quantitative estimate of drug-likeness (QED) is 0.940. The maximum atomic E-state index is 12.1. The molecule has 2 aromatic rings. The lowest BCUT2D eigenvalue weighted by Crippen LogP contribution is -2.23. The number of hydrogen-bond donors (Lipinski definition) is 1. The second-order valence-corrected chi connectivity index (χ2v) is 4.89. The molecule has 5 heteroatoms. The fourth-order valence-corrected chi connectivity index (χ4v) is 2.35. The number of anilines is 2. The molecule has 0 atom stereocenters. The van der Waals surface area contributed by atoms with Gasteiger partial charge in [-0.15, -0.1) is 0 Å². The molecule has 1 aromatic heterocycles. The highest BCUT2D eigenvalue weighted by Gasteiger charge is 2.21. The van der Waals surface area contributed by atoms with Crippen LogP contribution in [0.3, 0.4) is 0 Å². The Morgan fingerprint density at radius 3 is 2.62 bits per heavy atom. The number of pyridine rings is 1. The van der Waals surface area contributed by atoms with Gasteiger partial charge in [0, 0.05) is 30.4 Å². The van der Waals surface area contributed by atoms with Crippen molar-refractivity contribution in [3.05, 3.63) is 54.4 Å². The molecule has 2 amide bonds. The van der Waals surface area contributed by atoms with Crippen molar-refractivity contribution in [1.29, 1.82) is 0 Å². The van der Waals surface area contributed by atoms with E-state index in [1.165, 1.54) is 0 Å². The summed E-state index contributed by atoms with van der Waals surface area (Å²) in [6.07, 6.45) is 4.73. The van der Waals surface area contributed by atoms with E-state index in [0.717, 1.165) is 18.7 Å². The standard InChI is InChI=1S/C16H15N3O2/c20-15-4-2-10-19(15)14-7-5-12(6-8-14)16(21)18-13-3-1-9-17-11-13/h1,3,5-9,11H,2,4,10H2,(H,18,21). The summed E-state index contributed by atoms with van der Waals surface area (Å²) in [7, 11) is 0. The molecular formula is C16H15N3O2. The zero-order chi connectivity index (χ0) is 14.7. The number of hydrogen-bond acceptors (Lipinski definition) is 3. The topological polar surface area (TPSA) is 62.3 Å². The molecule has 1 saturated heterocycles. The lowest BCUT2D eigenvalue weighted by molar-refractivity contribution is -0.117. The first kappa shape index (κ1) is 13.3. The van der Waals surface area contributed by atoms with Crippen molar-refractivity contribution in [3.63, 3.8) is 0 Å². The van der Waals surface area contributed by atoms with Gasteiger partial charge in [0.1, 0.15) is 0 Å². The molecule has 0 saturated carbocycles. The predicted octanol–water partition coefficient (Wildman–Crippen LogP) is 2.46. The smallest absolute Gasteiger partial charge is 0.255 e. The Balaban J connectivity index is 1.72. The fourth-order valence-electron chi connectivity index (χ4n) is 2.35. The van der Waals surface area contributed by atoms with E-state index < -0.39 is 0 Å². The van der Waals surface area contributed by atoms with Crippen molar-refractivity contribution in [2.45, 2.75) is 12.8 Å². The average Bonchev–Trinajstić information content (AvgIpc) is 2.94. The van der Waals surface area contributed by atoms with Crippen molar-refractivity contribution < 1.29 is 9.59 Å². The number of aromatic nitrogens is 1. The number of nitrogens with one attached hydrogen (secondary N) is 1. The summed E-state index contributed by atoms with van der Waals surface area (Å²) < 4.78 is 0. The summed E-state index contributed by atoms with van der Waals surface area (Å²) in [6, 6.07) is 10.6. The van der Waals surface area contributed by atoms with Crippen molar-refractivity contribution in [2.24, 2.45) is 0 Å². The lowest BCUT2D eigenvalue weighted by atomic mass is 10.2.